The number of carbonyl (C=O) groups is 1. The zero-order valence-corrected chi connectivity index (χ0v) is 17.3. The normalized spacial score (nSPS) is 11.1. The number of nitrogens with zero attached hydrogens (tertiary/aromatic N) is 3. The number of hydrogen-bond donors (Lipinski definition) is 2. The van der Waals surface area contributed by atoms with Crippen molar-refractivity contribution in [2.75, 3.05) is 7.11 Å². The number of nitrogens with one attached hydrogen (secondary N) is 1. The van der Waals surface area contributed by atoms with Crippen molar-refractivity contribution in [2.24, 2.45) is 5.10 Å². The number of methoxy groups -OCH3 is 1. The Balaban J connectivity index is 1.47. The Bertz CT molecular complexity index is 1330. The van der Waals surface area contributed by atoms with E-state index in [4.69, 9.17) is 4.74 Å². The molecule has 0 saturated heterocycles. The third-order valence-electron chi connectivity index (χ3n) is 4.50. The van der Waals surface area contributed by atoms with E-state index in [0.717, 1.165) is 10.4 Å². The van der Waals surface area contributed by atoms with Crippen LogP contribution in [0.1, 0.15) is 5.56 Å². The summed E-state index contributed by atoms with van der Waals surface area (Å²) in [7, 11) is 1.44. The predicted octanol–water partition coefficient (Wildman–Crippen LogP) is 2.99. The number of amides is 1. The van der Waals surface area contributed by atoms with Crippen molar-refractivity contribution in [2.45, 2.75) is 6.54 Å². The summed E-state index contributed by atoms with van der Waals surface area (Å²) < 4.78 is 6.28. The minimum Gasteiger partial charge on any atom is -0.504 e. The van der Waals surface area contributed by atoms with E-state index < -0.39 is 5.91 Å². The highest BCUT2D eigenvalue weighted by Gasteiger charge is 2.12. The van der Waals surface area contributed by atoms with Crippen molar-refractivity contribution in [3.8, 4) is 21.9 Å². The molecule has 4 rings (SSSR count). The summed E-state index contributed by atoms with van der Waals surface area (Å²) >= 11 is 1.43. The zero-order chi connectivity index (χ0) is 21.8. The second-order valence-corrected chi connectivity index (χ2v) is 7.63. The minimum atomic E-state index is -0.469. The fourth-order valence-electron chi connectivity index (χ4n) is 2.96. The highest BCUT2D eigenvalue weighted by Crippen LogP contribution is 2.30. The Hall–Kier alpha value is -3.98. The number of hydrazone groups is 1. The molecule has 4 aromatic rings. The number of hydrogen-bond acceptors (Lipinski definition) is 7. The van der Waals surface area contributed by atoms with E-state index in [1.54, 1.807) is 18.2 Å². The molecule has 31 heavy (non-hydrogen) atoms. The van der Waals surface area contributed by atoms with Crippen LogP contribution in [-0.4, -0.2) is 33.9 Å². The number of aromatic nitrogens is 2. The summed E-state index contributed by atoms with van der Waals surface area (Å²) in [6, 6.07) is 16.2. The van der Waals surface area contributed by atoms with Crippen LogP contribution in [0.25, 0.3) is 20.7 Å². The van der Waals surface area contributed by atoms with Gasteiger partial charge in [0, 0.05) is 4.88 Å². The van der Waals surface area contributed by atoms with Gasteiger partial charge in [0.05, 0.1) is 25.0 Å². The molecule has 0 saturated carbocycles. The molecule has 2 aromatic carbocycles. The van der Waals surface area contributed by atoms with Gasteiger partial charge in [0.25, 0.3) is 11.5 Å². The molecule has 8 nitrogen and oxygen atoms in total. The summed E-state index contributed by atoms with van der Waals surface area (Å²) in [4.78, 5) is 30.9. The number of thiophene rings is 1. The molecule has 0 atom stereocenters. The maximum absolute atomic E-state index is 12.8. The maximum Gasteiger partial charge on any atom is 0.262 e. The molecule has 0 aliphatic heterocycles. The lowest BCUT2D eigenvalue weighted by Gasteiger charge is -2.04. The number of aromatic hydroxyl groups is 1. The lowest BCUT2D eigenvalue weighted by molar-refractivity contribution is -0.121. The Morgan fingerprint density at radius 3 is 2.84 bits per heavy atom. The first-order valence-corrected chi connectivity index (χ1v) is 10.1. The van der Waals surface area contributed by atoms with Crippen LogP contribution in [0.2, 0.25) is 0 Å². The van der Waals surface area contributed by atoms with Gasteiger partial charge in [-0.05, 0) is 35.4 Å². The molecule has 0 unspecified atom stereocenters. The van der Waals surface area contributed by atoms with Gasteiger partial charge in [-0.15, -0.1) is 11.3 Å². The molecule has 9 heteroatoms. The number of phenolic OH excluding ortho intramolecular Hbond substituents is 1. The van der Waals surface area contributed by atoms with E-state index in [1.165, 1.54) is 41.6 Å². The maximum atomic E-state index is 12.8. The predicted molar refractivity (Wildman–Crippen MR) is 120 cm³/mol. The fraction of sp³-hybridized carbons (Fsp3) is 0.0909. The number of ether oxygens (including phenoxy) is 1. The molecule has 1 amide bonds. The second kappa shape index (κ2) is 8.80. The van der Waals surface area contributed by atoms with Crippen molar-refractivity contribution in [1.82, 2.24) is 15.0 Å². The van der Waals surface area contributed by atoms with Crippen LogP contribution in [0.5, 0.6) is 11.5 Å². The van der Waals surface area contributed by atoms with E-state index >= 15 is 0 Å². The third-order valence-corrected chi connectivity index (χ3v) is 5.59. The van der Waals surface area contributed by atoms with Gasteiger partial charge >= 0.3 is 0 Å². The largest absolute Gasteiger partial charge is 0.504 e. The summed E-state index contributed by atoms with van der Waals surface area (Å²) in [6.07, 6.45) is 2.78. The lowest BCUT2D eigenvalue weighted by Crippen LogP contribution is -2.29. The Labute approximate surface area is 181 Å². The van der Waals surface area contributed by atoms with E-state index in [-0.39, 0.29) is 17.9 Å². The van der Waals surface area contributed by atoms with Crippen LogP contribution in [0.15, 0.2) is 70.8 Å². The third kappa shape index (κ3) is 4.46. The van der Waals surface area contributed by atoms with Gasteiger partial charge in [-0.2, -0.15) is 5.10 Å². The van der Waals surface area contributed by atoms with Crippen LogP contribution >= 0.6 is 11.3 Å². The fourth-order valence-corrected chi connectivity index (χ4v) is 3.96. The van der Waals surface area contributed by atoms with Gasteiger partial charge in [-0.25, -0.2) is 10.4 Å². The Morgan fingerprint density at radius 1 is 1.26 bits per heavy atom. The summed E-state index contributed by atoms with van der Waals surface area (Å²) in [5.74, 6) is -0.162. The Kier molecular flexibility index (Phi) is 5.76. The van der Waals surface area contributed by atoms with Crippen LogP contribution in [0.4, 0.5) is 0 Å². The smallest absolute Gasteiger partial charge is 0.262 e. The number of rotatable bonds is 6. The molecule has 0 aliphatic carbocycles. The van der Waals surface area contributed by atoms with Gasteiger partial charge in [-0.1, -0.05) is 30.3 Å². The topological polar surface area (TPSA) is 106 Å². The second-order valence-electron chi connectivity index (χ2n) is 6.60. The van der Waals surface area contributed by atoms with Crippen LogP contribution < -0.4 is 15.7 Å². The van der Waals surface area contributed by atoms with E-state index in [0.29, 0.717) is 21.5 Å². The summed E-state index contributed by atoms with van der Waals surface area (Å²) in [6.45, 7) is -0.214. The first-order valence-electron chi connectivity index (χ1n) is 9.28. The van der Waals surface area contributed by atoms with Crippen molar-refractivity contribution in [1.29, 1.82) is 0 Å². The highest BCUT2D eigenvalue weighted by atomic mass is 32.1. The van der Waals surface area contributed by atoms with Crippen molar-refractivity contribution < 1.29 is 14.6 Å². The Morgan fingerprint density at radius 2 is 2.06 bits per heavy atom. The molecule has 2 aromatic heterocycles. The van der Waals surface area contributed by atoms with Crippen molar-refractivity contribution in [3.63, 3.8) is 0 Å². The van der Waals surface area contributed by atoms with Crippen LogP contribution in [0, 0.1) is 0 Å². The molecule has 0 bridgehead atoms. The first kappa shape index (κ1) is 20.3. The standard InChI is InChI=1S/C22H18N4O4S/c1-30-18-9-14(7-8-17(18)27)11-24-25-20(28)12-26-13-23-21-16(22(26)29)10-19(31-21)15-5-3-2-4-6-15/h2-11,13,27H,12H2,1H3,(H,25,28)/b24-11+. The van der Waals surface area contributed by atoms with Crippen LogP contribution in [0.3, 0.4) is 0 Å². The molecule has 156 valence electrons. The number of benzene rings is 2. The average molecular weight is 434 g/mol. The van der Waals surface area contributed by atoms with E-state index in [9.17, 15) is 14.7 Å². The van der Waals surface area contributed by atoms with E-state index in [2.05, 4.69) is 15.5 Å². The molecule has 0 aliphatic rings. The number of fused-ring (bicyclic) bond motifs is 1. The molecule has 0 spiro atoms. The van der Waals surface area contributed by atoms with Gasteiger partial charge in [-0.3, -0.25) is 14.2 Å². The van der Waals surface area contributed by atoms with E-state index in [1.807, 2.05) is 30.3 Å². The quantitative estimate of drug-likeness (QED) is 0.359. The SMILES string of the molecule is COc1cc(/C=N/NC(=O)Cn2cnc3sc(-c4ccccc4)cc3c2=O)ccc1O. The highest BCUT2D eigenvalue weighted by molar-refractivity contribution is 7.21. The first-order chi connectivity index (χ1) is 15.0. The minimum absolute atomic E-state index is 0.00908. The lowest BCUT2D eigenvalue weighted by atomic mass is 10.2. The molecule has 2 heterocycles. The van der Waals surface area contributed by atoms with Crippen molar-refractivity contribution in [3.05, 3.63) is 76.8 Å². The molecular weight excluding hydrogens is 416 g/mol. The van der Waals surface area contributed by atoms with Crippen molar-refractivity contribution >= 4 is 33.7 Å². The molecule has 0 fully saturated rings. The van der Waals surface area contributed by atoms with Gasteiger partial charge in [0.2, 0.25) is 0 Å². The average Bonchev–Trinajstić information content (AvgIpc) is 3.23. The number of carbonyl (C=O) groups excluding carboxylic acids is 1. The molecular formula is C22H18N4O4S. The van der Waals surface area contributed by atoms with Gasteiger partial charge in [0.15, 0.2) is 11.5 Å². The summed E-state index contributed by atoms with van der Waals surface area (Å²) in [5, 5.41) is 14.0. The summed E-state index contributed by atoms with van der Waals surface area (Å²) in [5.41, 5.74) is 3.73. The monoisotopic (exact) mass is 434 g/mol. The van der Waals surface area contributed by atoms with Crippen LogP contribution in [-0.2, 0) is 11.3 Å². The molecule has 2 N–H and O–H groups in total. The van der Waals surface area contributed by atoms with Gasteiger partial charge in [0.1, 0.15) is 11.4 Å². The van der Waals surface area contributed by atoms with Gasteiger partial charge < -0.3 is 9.84 Å². The number of phenols is 1. The zero-order valence-electron chi connectivity index (χ0n) is 16.5. The molecule has 0 radical (unpaired) electrons.